The van der Waals surface area contributed by atoms with Crippen LogP contribution in [0.2, 0.25) is 0 Å². The van der Waals surface area contributed by atoms with Gasteiger partial charge in [0.1, 0.15) is 0 Å². The fourth-order valence-corrected chi connectivity index (χ4v) is 2.88. The quantitative estimate of drug-likeness (QED) is 0.818. The van der Waals surface area contributed by atoms with E-state index in [2.05, 4.69) is 41.1 Å². The average molecular weight is 240 g/mol. The summed E-state index contributed by atoms with van der Waals surface area (Å²) < 4.78 is 0. The lowest BCUT2D eigenvalue weighted by Crippen LogP contribution is -2.28. The standard InChI is InChI=1S/C16H20N2/c1-13-4-3-10-18(13)11-8-14-6-7-16-15(12-14)5-2-9-17-16/h2,5-7,9,12-13H,3-4,8,10-11H2,1H3/t13-/m1/s1. The SMILES string of the molecule is C[C@@H]1CCCN1CCc1ccc2ncccc2c1. The molecule has 18 heavy (non-hydrogen) atoms. The molecule has 0 radical (unpaired) electrons. The van der Waals surface area contributed by atoms with E-state index in [-0.39, 0.29) is 0 Å². The van der Waals surface area contributed by atoms with Crippen LogP contribution in [0.4, 0.5) is 0 Å². The van der Waals surface area contributed by atoms with Gasteiger partial charge >= 0.3 is 0 Å². The predicted molar refractivity (Wildman–Crippen MR) is 75.7 cm³/mol. The first kappa shape index (κ1) is 11.7. The Balaban J connectivity index is 1.71. The lowest BCUT2D eigenvalue weighted by molar-refractivity contribution is 0.272. The van der Waals surface area contributed by atoms with Crippen molar-refractivity contribution in [1.29, 1.82) is 0 Å². The number of likely N-dealkylation sites (tertiary alicyclic amines) is 1. The summed E-state index contributed by atoms with van der Waals surface area (Å²) in [4.78, 5) is 6.97. The fraction of sp³-hybridized carbons (Fsp3) is 0.438. The van der Waals surface area contributed by atoms with Crippen molar-refractivity contribution in [2.24, 2.45) is 0 Å². The Kier molecular flexibility index (Phi) is 3.28. The minimum absolute atomic E-state index is 0.770. The lowest BCUT2D eigenvalue weighted by Gasteiger charge is -2.20. The molecule has 1 aromatic carbocycles. The average Bonchev–Trinajstić information content (AvgIpc) is 2.82. The van der Waals surface area contributed by atoms with Gasteiger partial charge in [0.2, 0.25) is 0 Å². The molecule has 0 spiro atoms. The maximum Gasteiger partial charge on any atom is 0.0702 e. The van der Waals surface area contributed by atoms with E-state index in [9.17, 15) is 0 Å². The Morgan fingerprint density at radius 3 is 3.11 bits per heavy atom. The van der Waals surface area contributed by atoms with Gasteiger partial charge in [-0.25, -0.2) is 0 Å². The highest BCUT2D eigenvalue weighted by Gasteiger charge is 2.19. The zero-order valence-electron chi connectivity index (χ0n) is 11.0. The molecule has 2 nitrogen and oxygen atoms in total. The van der Waals surface area contributed by atoms with Crippen LogP contribution in [0.25, 0.3) is 10.9 Å². The molecule has 0 unspecified atom stereocenters. The van der Waals surface area contributed by atoms with E-state index in [4.69, 9.17) is 0 Å². The summed E-state index contributed by atoms with van der Waals surface area (Å²) in [7, 11) is 0. The van der Waals surface area contributed by atoms with Gasteiger partial charge in [0, 0.05) is 24.2 Å². The molecule has 1 aliphatic rings. The van der Waals surface area contributed by atoms with Crippen LogP contribution in [0, 0.1) is 0 Å². The van der Waals surface area contributed by atoms with Crippen molar-refractivity contribution >= 4 is 10.9 Å². The Morgan fingerprint density at radius 1 is 1.33 bits per heavy atom. The van der Waals surface area contributed by atoms with E-state index < -0.39 is 0 Å². The Hall–Kier alpha value is -1.41. The summed E-state index contributed by atoms with van der Waals surface area (Å²) >= 11 is 0. The number of fused-ring (bicyclic) bond motifs is 1. The van der Waals surface area contributed by atoms with E-state index in [0.717, 1.165) is 18.0 Å². The highest BCUT2D eigenvalue weighted by atomic mass is 15.2. The van der Waals surface area contributed by atoms with Crippen molar-refractivity contribution in [2.45, 2.75) is 32.2 Å². The Labute approximate surface area is 109 Å². The van der Waals surface area contributed by atoms with Crippen LogP contribution in [-0.2, 0) is 6.42 Å². The third-order valence-electron chi connectivity index (χ3n) is 4.05. The monoisotopic (exact) mass is 240 g/mol. The maximum absolute atomic E-state index is 4.36. The van der Waals surface area contributed by atoms with Crippen LogP contribution in [-0.4, -0.2) is 29.0 Å². The van der Waals surface area contributed by atoms with Crippen LogP contribution in [0.1, 0.15) is 25.3 Å². The third-order valence-corrected chi connectivity index (χ3v) is 4.05. The first-order valence-corrected chi connectivity index (χ1v) is 6.90. The topological polar surface area (TPSA) is 16.1 Å². The van der Waals surface area contributed by atoms with Gasteiger partial charge in [-0.1, -0.05) is 12.1 Å². The van der Waals surface area contributed by atoms with Crippen LogP contribution >= 0.6 is 0 Å². The highest BCUT2D eigenvalue weighted by molar-refractivity contribution is 5.78. The highest BCUT2D eigenvalue weighted by Crippen LogP contribution is 2.18. The van der Waals surface area contributed by atoms with Gasteiger partial charge in [0.15, 0.2) is 0 Å². The van der Waals surface area contributed by atoms with Gasteiger partial charge in [-0.15, -0.1) is 0 Å². The summed E-state index contributed by atoms with van der Waals surface area (Å²) in [5.41, 5.74) is 2.52. The molecule has 0 saturated carbocycles. The maximum atomic E-state index is 4.36. The number of pyridine rings is 1. The van der Waals surface area contributed by atoms with E-state index in [1.165, 1.54) is 36.9 Å². The second-order valence-electron chi connectivity index (χ2n) is 5.31. The van der Waals surface area contributed by atoms with Crippen molar-refractivity contribution < 1.29 is 0 Å². The molecule has 2 heteroatoms. The molecule has 0 aliphatic carbocycles. The zero-order chi connectivity index (χ0) is 12.4. The van der Waals surface area contributed by atoms with Gasteiger partial charge in [-0.05, 0) is 56.5 Å². The Morgan fingerprint density at radius 2 is 2.28 bits per heavy atom. The molecular formula is C16H20N2. The number of benzene rings is 1. The summed E-state index contributed by atoms with van der Waals surface area (Å²) in [5.74, 6) is 0. The van der Waals surface area contributed by atoms with Gasteiger partial charge in [-0.3, -0.25) is 4.98 Å². The molecule has 0 bridgehead atoms. The van der Waals surface area contributed by atoms with E-state index in [1.807, 2.05) is 12.3 Å². The molecule has 94 valence electrons. The largest absolute Gasteiger partial charge is 0.300 e. The van der Waals surface area contributed by atoms with Crippen LogP contribution in [0.15, 0.2) is 36.5 Å². The predicted octanol–water partition coefficient (Wildman–Crippen LogP) is 3.26. The van der Waals surface area contributed by atoms with Gasteiger partial charge in [0.05, 0.1) is 5.52 Å². The van der Waals surface area contributed by atoms with Crippen molar-refractivity contribution in [1.82, 2.24) is 9.88 Å². The number of hydrogen-bond acceptors (Lipinski definition) is 2. The number of nitrogens with zero attached hydrogens (tertiary/aromatic N) is 2. The normalized spacial score (nSPS) is 20.6. The molecule has 0 N–H and O–H groups in total. The molecule has 1 aromatic heterocycles. The van der Waals surface area contributed by atoms with Crippen molar-refractivity contribution in [3.8, 4) is 0 Å². The summed E-state index contributed by atoms with van der Waals surface area (Å²) in [5, 5.41) is 1.25. The fourth-order valence-electron chi connectivity index (χ4n) is 2.88. The molecule has 1 fully saturated rings. The second-order valence-corrected chi connectivity index (χ2v) is 5.31. The van der Waals surface area contributed by atoms with Gasteiger partial charge in [-0.2, -0.15) is 0 Å². The molecule has 2 heterocycles. The number of aromatic nitrogens is 1. The summed E-state index contributed by atoms with van der Waals surface area (Å²) in [6.45, 7) is 4.81. The summed E-state index contributed by atoms with van der Waals surface area (Å²) in [6.07, 6.45) is 5.73. The molecule has 1 atom stereocenters. The van der Waals surface area contributed by atoms with Gasteiger partial charge < -0.3 is 4.90 Å². The van der Waals surface area contributed by atoms with Crippen LogP contribution in [0.5, 0.6) is 0 Å². The van der Waals surface area contributed by atoms with Crippen molar-refractivity contribution in [2.75, 3.05) is 13.1 Å². The summed E-state index contributed by atoms with van der Waals surface area (Å²) in [6, 6.07) is 11.6. The molecule has 2 aromatic rings. The first-order chi connectivity index (χ1) is 8.83. The van der Waals surface area contributed by atoms with Crippen molar-refractivity contribution in [3.05, 3.63) is 42.1 Å². The molecular weight excluding hydrogens is 220 g/mol. The minimum atomic E-state index is 0.770. The zero-order valence-corrected chi connectivity index (χ0v) is 11.0. The van der Waals surface area contributed by atoms with Crippen LogP contribution < -0.4 is 0 Å². The van der Waals surface area contributed by atoms with E-state index >= 15 is 0 Å². The van der Waals surface area contributed by atoms with Crippen LogP contribution in [0.3, 0.4) is 0 Å². The third kappa shape index (κ3) is 2.39. The second kappa shape index (κ2) is 5.07. The lowest BCUT2D eigenvalue weighted by atomic mass is 10.1. The molecule has 0 amide bonds. The number of hydrogen-bond donors (Lipinski definition) is 0. The smallest absolute Gasteiger partial charge is 0.0702 e. The van der Waals surface area contributed by atoms with Crippen molar-refractivity contribution in [3.63, 3.8) is 0 Å². The number of rotatable bonds is 3. The molecule has 1 saturated heterocycles. The first-order valence-electron chi connectivity index (χ1n) is 6.90. The molecule has 3 rings (SSSR count). The minimum Gasteiger partial charge on any atom is -0.300 e. The van der Waals surface area contributed by atoms with E-state index in [0.29, 0.717) is 0 Å². The van der Waals surface area contributed by atoms with E-state index in [1.54, 1.807) is 0 Å². The Bertz CT molecular complexity index is 535. The van der Waals surface area contributed by atoms with Gasteiger partial charge in [0.25, 0.3) is 0 Å². The molecule has 1 aliphatic heterocycles.